The molecule has 1 saturated carbocycles. The number of aromatic nitrogens is 5. The van der Waals surface area contributed by atoms with E-state index in [2.05, 4.69) is 25.4 Å². The Bertz CT molecular complexity index is 793. The predicted octanol–water partition coefficient (Wildman–Crippen LogP) is 2.64. The van der Waals surface area contributed by atoms with E-state index in [9.17, 15) is 0 Å². The normalized spacial score (nSPS) is 15.3. The van der Waals surface area contributed by atoms with Crippen LogP contribution in [0.3, 0.4) is 0 Å². The fourth-order valence-electron chi connectivity index (χ4n) is 2.70. The van der Waals surface area contributed by atoms with Crippen molar-refractivity contribution in [3.8, 4) is 11.5 Å². The first kappa shape index (κ1) is 13.9. The third-order valence-electron chi connectivity index (χ3n) is 4.16. The van der Waals surface area contributed by atoms with Crippen LogP contribution in [0.5, 0.6) is 0 Å². The fourth-order valence-corrected chi connectivity index (χ4v) is 2.70. The van der Waals surface area contributed by atoms with Gasteiger partial charge in [0.15, 0.2) is 5.82 Å². The van der Waals surface area contributed by atoms with Gasteiger partial charge in [-0.2, -0.15) is 5.10 Å². The smallest absolute Gasteiger partial charge is 0.180 e. The van der Waals surface area contributed by atoms with Gasteiger partial charge in [-0.05, 0) is 38.0 Å². The number of hydrogen-bond donors (Lipinski definition) is 1. The van der Waals surface area contributed by atoms with E-state index in [0.717, 1.165) is 36.6 Å². The van der Waals surface area contributed by atoms with Gasteiger partial charge in [0.25, 0.3) is 0 Å². The van der Waals surface area contributed by atoms with Crippen molar-refractivity contribution in [1.82, 2.24) is 24.7 Å². The van der Waals surface area contributed by atoms with Crippen LogP contribution < -0.4 is 5.32 Å². The Balaban J connectivity index is 1.55. The Morgan fingerprint density at radius 1 is 1.17 bits per heavy atom. The molecule has 3 aromatic rings. The summed E-state index contributed by atoms with van der Waals surface area (Å²) in [5, 5.41) is 7.83. The zero-order valence-corrected chi connectivity index (χ0v) is 13.0. The second-order valence-corrected chi connectivity index (χ2v) is 5.96. The summed E-state index contributed by atoms with van der Waals surface area (Å²) in [6.07, 6.45) is 7.88. The van der Waals surface area contributed by atoms with Gasteiger partial charge in [0.1, 0.15) is 11.5 Å². The minimum Gasteiger partial charge on any atom is -0.368 e. The standard InChI is InChI=1S/C17H18N6/c1-13-11-15(22-16(21-13)14-5-2-3-8-18-14)19-12-17(6-7-17)23-10-4-9-20-23/h2-5,8-11H,6-7,12H2,1H3,(H,19,21,22). The van der Waals surface area contributed by atoms with Crippen molar-refractivity contribution in [3.05, 3.63) is 54.6 Å². The molecule has 1 aliphatic rings. The second kappa shape index (κ2) is 5.46. The number of pyridine rings is 1. The third-order valence-corrected chi connectivity index (χ3v) is 4.16. The van der Waals surface area contributed by atoms with Gasteiger partial charge < -0.3 is 5.32 Å². The van der Waals surface area contributed by atoms with E-state index in [1.54, 1.807) is 6.20 Å². The summed E-state index contributed by atoms with van der Waals surface area (Å²) in [6, 6.07) is 9.68. The van der Waals surface area contributed by atoms with Gasteiger partial charge in [0.2, 0.25) is 0 Å². The largest absolute Gasteiger partial charge is 0.368 e. The zero-order chi connectivity index (χ0) is 15.7. The minimum absolute atomic E-state index is 0.0908. The average molecular weight is 306 g/mol. The van der Waals surface area contributed by atoms with Crippen LogP contribution in [0.2, 0.25) is 0 Å². The van der Waals surface area contributed by atoms with E-state index >= 15 is 0 Å². The van der Waals surface area contributed by atoms with Crippen molar-refractivity contribution in [2.24, 2.45) is 0 Å². The quantitative estimate of drug-likeness (QED) is 0.785. The maximum Gasteiger partial charge on any atom is 0.180 e. The molecule has 0 bridgehead atoms. The topological polar surface area (TPSA) is 68.5 Å². The van der Waals surface area contributed by atoms with E-state index in [1.807, 2.05) is 54.3 Å². The molecular weight excluding hydrogens is 288 g/mol. The Morgan fingerprint density at radius 2 is 2.09 bits per heavy atom. The number of nitrogens with one attached hydrogen (secondary N) is 1. The SMILES string of the molecule is Cc1cc(NCC2(n3cccn3)CC2)nc(-c2ccccn2)n1. The van der Waals surface area contributed by atoms with Crippen LogP contribution in [0.4, 0.5) is 5.82 Å². The van der Waals surface area contributed by atoms with Crippen molar-refractivity contribution in [2.75, 3.05) is 11.9 Å². The van der Waals surface area contributed by atoms with Crippen LogP contribution in [0.15, 0.2) is 48.9 Å². The van der Waals surface area contributed by atoms with Crippen LogP contribution >= 0.6 is 0 Å². The number of nitrogens with zero attached hydrogens (tertiary/aromatic N) is 5. The summed E-state index contributed by atoms with van der Waals surface area (Å²) in [4.78, 5) is 13.4. The highest BCUT2D eigenvalue weighted by Crippen LogP contribution is 2.42. The lowest BCUT2D eigenvalue weighted by Gasteiger charge is -2.17. The predicted molar refractivity (Wildman–Crippen MR) is 87.9 cm³/mol. The molecule has 6 heteroatoms. The summed E-state index contributed by atoms with van der Waals surface area (Å²) in [5.41, 5.74) is 1.80. The molecule has 0 atom stereocenters. The van der Waals surface area contributed by atoms with Crippen LogP contribution in [-0.2, 0) is 5.54 Å². The van der Waals surface area contributed by atoms with E-state index < -0.39 is 0 Å². The molecule has 0 unspecified atom stereocenters. The molecule has 0 spiro atoms. The molecule has 3 aromatic heterocycles. The van der Waals surface area contributed by atoms with Gasteiger partial charge in [0.05, 0.1) is 5.54 Å². The first-order valence-corrected chi connectivity index (χ1v) is 7.76. The summed E-state index contributed by atoms with van der Waals surface area (Å²) >= 11 is 0. The maximum atomic E-state index is 4.60. The van der Waals surface area contributed by atoms with E-state index in [0.29, 0.717) is 5.82 Å². The summed E-state index contributed by atoms with van der Waals surface area (Å²) in [6.45, 7) is 2.78. The van der Waals surface area contributed by atoms with Gasteiger partial charge in [-0.15, -0.1) is 0 Å². The van der Waals surface area contributed by atoms with Crippen molar-refractivity contribution in [1.29, 1.82) is 0 Å². The molecule has 6 nitrogen and oxygen atoms in total. The minimum atomic E-state index is 0.0908. The molecule has 116 valence electrons. The van der Waals surface area contributed by atoms with E-state index in [4.69, 9.17) is 0 Å². The Labute approximate surface area is 134 Å². The van der Waals surface area contributed by atoms with Gasteiger partial charge in [-0.3, -0.25) is 9.67 Å². The summed E-state index contributed by atoms with van der Waals surface area (Å²) in [7, 11) is 0. The van der Waals surface area contributed by atoms with Crippen LogP contribution in [0.25, 0.3) is 11.5 Å². The van der Waals surface area contributed by atoms with Crippen LogP contribution in [0, 0.1) is 6.92 Å². The lowest BCUT2D eigenvalue weighted by Crippen LogP contribution is -2.27. The number of hydrogen-bond acceptors (Lipinski definition) is 5. The molecular formula is C17H18N6. The highest BCUT2D eigenvalue weighted by molar-refractivity contribution is 5.52. The van der Waals surface area contributed by atoms with Crippen molar-refractivity contribution >= 4 is 5.82 Å². The third kappa shape index (κ3) is 2.79. The highest BCUT2D eigenvalue weighted by Gasteiger charge is 2.45. The second-order valence-electron chi connectivity index (χ2n) is 5.96. The molecule has 0 aliphatic heterocycles. The number of anilines is 1. The van der Waals surface area contributed by atoms with Gasteiger partial charge in [-0.25, -0.2) is 9.97 Å². The maximum absolute atomic E-state index is 4.60. The van der Waals surface area contributed by atoms with E-state index in [-0.39, 0.29) is 5.54 Å². The van der Waals surface area contributed by atoms with E-state index in [1.165, 1.54) is 0 Å². The lowest BCUT2D eigenvalue weighted by molar-refractivity contribution is 0.453. The Morgan fingerprint density at radius 3 is 2.78 bits per heavy atom. The number of rotatable bonds is 5. The highest BCUT2D eigenvalue weighted by atomic mass is 15.3. The van der Waals surface area contributed by atoms with Crippen molar-refractivity contribution in [2.45, 2.75) is 25.3 Å². The summed E-state index contributed by atoms with van der Waals surface area (Å²) < 4.78 is 2.05. The molecule has 4 rings (SSSR count). The monoisotopic (exact) mass is 306 g/mol. The molecule has 0 radical (unpaired) electrons. The fraction of sp³-hybridized carbons (Fsp3) is 0.294. The van der Waals surface area contributed by atoms with Gasteiger partial charge in [0, 0.05) is 36.9 Å². The lowest BCUT2D eigenvalue weighted by atomic mass is 10.2. The van der Waals surface area contributed by atoms with Crippen molar-refractivity contribution in [3.63, 3.8) is 0 Å². The molecule has 0 saturated heterocycles. The van der Waals surface area contributed by atoms with Gasteiger partial charge in [-0.1, -0.05) is 6.07 Å². The molecule has 1 aliphatic carbocycles. The average Bonchev–Trinajstić information content (AvgIpc) is 3.16. The molecule has 23 heavy (non-hydrogen) atoms. The van der Waals surface area contributed by atoms with Crippen LogP contribution in [-0.4, -0.2) is 31.3 Å². The van der Waals surface area contributed by atoms with Crippen LogP contribution in [0.1, 0.15) is 18.5 Å². The van der Waals surface area contributed by atoms with Gasteiger partial charge >= 0.3 is 0 Å². The zero-order valence-electron chi connectivity index (χ0n) is 13.0. The van der Waals surface area contributed by atoms with Crippen molar-refractivity contribution < 1.29 is 0 Å². The molecule has 1 N–H and O–H groups in total. The Hall–Kier alpha value is -2.76. The molecule has 0 aromatic carbocycles. The number of aryl methyl sites for hydroxylation is 1. The molecule has 3 heterocycles. The molecule has 1 fully saturated rings. The molecule has 0 amide bonds. The summed E-state index contributed by atoms with van der Waals surface area (Å²) in [5.74, 6) is 1.48. The first-order valence-electron chi connectivity index (χ1n) is 7.76. The first-order chi connectivity index (χ1) is 11.3. The Kier molecular flexibility index (Phi) is 3.29.